The van der Waals surface area contributed by atoms with Crippen LogP contribution in [0.5, 0.6) is 0 Å². The van der Waals surface area contributed by atoms with Crippen LogP contribution in [0, 0.1) is 6.92 Å². The van der Waals surface area contributed by atoms with E-state index in [1.165, 1.54) is 0 Å². The van der Waals surface area contributed by atoms with Crippen molar-refractivity contribution in [3.8, 4) is 0 Å². The summed E-state index contributed by atoms with van der Waals surface area (Å²) in [6.07, 6.45) is 1.84. The maximum Gasteiger partial charge on any atom is 0.0897 e. The quantitative estimate of drug-likeness (QED) is 0.645. The van der Waals surface area contributed by atoms with Gasteiger partial charge in [0.15, 0.2) is 0 Å². The molecule has 0 saturated heterocycles. The van der Waals surface area contributed by atoms with E-state index in [9.17, 15) is 0 Å². The highest BCUT2D eigenvalue weighted by Gasteiger charge is 2.00. The van der Waals surface area contributed by atoms with Crippen molar-refractivity contribution in [1.82, 2.24) is 4.98 Å². The molecule has 50 valence electrons. The van der Waals surface area contributed by atoms with Crippen molar-refractivity contribution in [2.24, 2.45) is 5.73 Å². The fourth-order valence-electron chi connectivity index (χ4n) is 0.588. The van der Waals surface area contributed by atoms with E-state index < -0.39 is 0 Å². The summed E-state index contributed by atoms with van der Waals surface area (Å²) in [7, 11) is 0. The van der Waals surface area contributed by atoms with E-state index in [0.29, 0.717) is 0 Å². The molecule has 1 aromatic heterocycles. The normalized spacial score (nSPS) is 13.7. The number of rotatable bonds is 1. The molecule has 0 fully saturated rings. The van der Waals surface area contributed by atoms with Gasteiger partial charge in [0, 0.05) is 17.1 Å². The van der Waals surface area contributed by atoms with Gasteiger partial charge in [-0.1, -0.05) is 0 Å². The number of aryl methyl sites for hydroxylation is 1. The van der Waals surface area contributed by atoms with Crippen molar-refractivity contribution in [2.45, 2.75) is 19.9 Å². The third-order valence-corrected chi connectivity index (χ3v) is 2.20. The average molecular weight is 142 g/mol. The molecule has 0 unspecified atom stereocenters. The van der Waals surface area contributed by atoms with Crippen LogP contribution in [0.1, 0.15) is 22.9 Å². The summed E-state index contributed by atoms with van der Waals surface area (Å²) >= 11 is 1.66. The number of hydrogen-bond donors (Lipinski definition) is 1. The zero-order chi connectivity index (χ0) is 6.85. The van der Waals surface area contributed by atoms with Crippen LogP contribution < -0.4 is 5.73 Å². The van der Waals surface area contributed by atoms with Crippen molar-refractivity contribution in [2.75, 3.05) is 0 Å². The lowest BCUT2D eigenvalue weighted by Gasteiger charge is -1.95. The zero-order valence-corrected chi connectivity index (χ0v) is 6.40. The van der Waals surface area contributed by atoms with Crippen molar-refractivity contribution in [3.63, 3.8) is 0 Å². The molecule has 1 aromatic rings. The summed E-state index contributed by atoms with van der Waals surface area (Å²) in [6.45, 7) is 3.95. The number of thiazole rings is 1. The molecular weight excluding hydrogens is 132 g/mol. The summed E-state index contributed by atoms with van der Waals surface area (Å²) in [6, 6.07) is 0.135. The van der Waals surface area contributed by atoms with Crippen LogP contribution in [0.2, 0.25) is 0 Å². The second-order valence-corrected chi connectivity index (χ2v) is 3.34. The second kappa shape index (κ2) is 2.45. The lowest BCUT2D eigenvalue weighted by atomic mass is 10.3. The molecule has 0 radical (unpaired) electrons. The van der Waals surface area contributed by atoms with Crippen LogP contribution in [-0.4, -0.2) is 4.98 Å². The maximum absolute atomic E-state index is 5.60. The van der Waals surface area contributed by atoms with E-state index >= 15 is 0 Å². The monoisotopic (exact) mass is 142 g/mol. The number of hydrogen-bond acceptors (Lipinski definition) is 3. The Bertz CT molecular complexity index is 193. The van der Waals surface area contributed by atoms with Crippen LogP contribution in [0.3, 0.4) is 0 Å². The summed E-state index contributed by atoms with van der Waals surface area (Å²) in [5.74, 6) is 0. The smallest absolute Gasteiger partial charge is 0.0897 e. The highest BCUT2D eigenvalue weighted by Crippen LogP contribution is 2.16. The fraction of sp³-hybridized carbons (Fsp3) is 0.500. The molecule has 0 aliphatic heterocycles. The van der Waals surface area contributed by atoms with Gasteiger partial charge in [0.05, 0.1) is 5.01 Å². The Labute approximate surface area is 58.7 Å². The largest absolute Gasteiger partial charge is 0.323 e. The van der Waals surface area contributed by atoms with E-state index in [1.807, 2.05) is 20.0 Å². The summed E-state index contributed by atoms with van der Waals surface area (Å²) < 4.78 is 0. The van der Waals surface area contributed by atoms with Gasteiger partial charge in [-0.15, -0.1) is 11.3 Å². The minimum Gasteiger partial charge on any atom is -0.323 e. The summed E-state index contributed by atoms with van der Waals surface area (Å²) in [5, 5.41) is 1.09. The van der Waals surface area contributed by atoms with Gasteiger partial charge in [-0.25, -0.2) is 4.98 Å². The molecule has 1 heterocycles. The minimum absolute atomic E-state index is 0.135. The van der Waals surface area contributed by atoms with Gasteiger partial charge in [0.1, 0.15) is 0 Å². The van der Waals surface area contributed by atoms with Crippen LogP contribution in [0.25, 0.3) is 0 Å². The molecule has 1 atom stereocenters. The van der Waals surface area contributed by atoms with Gasteiger partial charge < -0.3 is 5.73 Å². The lowest BCUT2D eigenvalue weighted by molar-refractivity contribution is 0.835. The highest BCUT2D eigenvalue weighted by molar-refractivity contribution is 7.11. The van der Waals surface area contributed by atoms with Crippen LogP contribution >= 0.6 is 11.3 Å². The zero-order valence-electron chi connectivity index (χ0n) is 5.59. The van der Waals surface area contributed by atoms with Gasteiger partial charge in [0.25, 0.3) is 0 Å². The molecule has 0 saturated carbocycles. The van der Waals surface area contributed by atoms with Gasteiger partial charge in [0.2, 0.25) is 0 Å². The van der Waals surface area contributed by atoms with Gasteiger partial charge >= 0.3 is 0 Å². The average Bonchev–Trinajstić information content (AvgIpc) is 2.14. The Hall–Kier alpha value is -0.410. The molecule has 3 heteroatoms. The van der Waals surface area contributed by atoms with E-state index in [4.69, 9.17) is 5.73 Å². The predicted molar refractivity (Wildman–Crippen MR) is 39.5 cm³/mol. The number of nitrogens with zero attached hydrogens (tertiary/aromatic N) is 1. The van der Waals surface area contributed by atoms with E-state index in [-0.39, 0.29) is 6.04 Å². The summed E-state index contributed by atoms with van der Waals surface area (Å²) in [4.78, 5) is 5.24. The lowest BCUT2D eigenvalue weighted by Crippen LogP contribution is -2.01. The molecule has 0 aliphatic carbocycles. The number of nitrogens with two attached hydrogens (primary N) is 1. The SMILES string of the molecule is Cc1ncc([C@H](C)N)s1. The van der Waals surface area contributed by atoms with Crippen LogP contribution in [0.4, 0.5) is 0 Å². The first-order valence-electron chi connectivity index (χ1n) is 2.88. The molecule has 0 bridgehead atoms. The van der Waals surface area contributed by atoms with Crippen molar-refractivity contribution >= 4 is 11.3 Å². The Balaban J connectivity index is 2.85. The second-order valence-electron chi connectivity index (χ2n) is 2.07. The minimum atomic E-state index is 0.135. The van der Waals surface area contributed by atoms with E-state index in [0.717, 1.165) is 9.88 Å². The Morgan fingerprint density at radius 2 is 2.44 bits per heavy atom. The fourth-order valence-corrected chi connectivity index (χ4v) is 1.33. The van der Waals surface area contributed by atoms with E-state index in [2.05, 4.69) is 4.98 Å². The molecule has 0 amide bonds. The maximum atomic E-state index is 5.60. The van der Waals surface area contributed by atoms with Gasteiger partial charge in [-0.3, -0.25) is 0 Å². The molecule has 0 aliphatic rings. The first kappa shape index (κ1) is 6.71. The molecule has 9 heavy (non-hydrogen) atoms. The summed E-state index contributed by atoms with van der Waals surface area (Å²) in [5.41, 5.74) is 5.60. The standard InChI is InChI=1S/C6H10N2S/c1-4(7)6-3-8-5(2)9-6/h3-4H,7H2,1-2H3/t4-/m0/s1. The Morgan fingerprint density at radius 1 is 1.78 bits per heavy atom. The molecular formula is C6H10N2S. The van der Waals surface area contributed by atoms with Gasteiger partial charge in [-0.05, 0) is 13.8 Å². The molecule has 0 aromatic carbocycles. The van der Waals surface area contributed by atoms with Crippen LogP contribution in [-0.2, 0) is 0 Å². The highest BCUT2D eigenvalue weighted by atomic mass is 32.1. The molecule has 1 rings (SSSR count). The van der Waals surface area contributed by atoms with Crippen molar-refractivity contribution < 1.29 is 0 Å². The van der Waals surface area contributed by atoms with Crippen LogP contribution in [0.15, 0.2) is 6.20 Å². The molecule has 2 nitrogen and oxygen atoms in total. The van der Waals surface area contributed by atoms with Crippen molar-refractivity contribution in [3.05, 3.63) is 16.1 Å². The van der Waals surface area contributed by atoms with Crippen molar-refractivity contribution in [1.29, 1.82) is 0 Å². The topological polar surface area (TPSA) is 38.9 Å². The third-order valence-electron chi connectivity index (χ3n) is 1.09. The predicted octanol–water partition coefficient (Wildman–Crippen LogP) is 1.47. The number of aromatic nitrogens is 1. The third kappa shape index (κ3) is 1.50. The molecule has 0 spiro atoms. The Morgan fingerprint density at radius 3 is 2.67 bits per heavy atom. The van der Waals surface area contributed by atoms with E-state index in [1.54, 1.807) is 11.3 Å². The first-order valence-corrected chi connectivity index (χ1v) is 3.69. The molecule has 2 N–H and O–H groups in total. The first-order chi connectivity index (χ1) is 4.20. The van der Waals surface area contributed by atoms with Gasteiger partial charge in [-0.2, -0.15) is 0 Å². The Kier molecular flexibility index (Phi) is 1.83.